The van der Waals surface area contributed by atoms with Crippen LogP contribution in [0.5, 0.6) is 0 Å². The summed E-state index contributed by atoms with van der Waals surface area (Å²) in [6, 6.07) is 22.2. The quantitative estimate of drug-likeness (QED) is 0.268. The fourth-order valence-corrected chi connectivity index (χ4v) is 3.57. The molecular weight excluding hydrogens is 445 g/mol. The summed E-state index contributed by atoms with van der Waals surface area (Å²) in [5, 5.41) is 4.92. The maximum absolute atomic E-state index is 13.2. The van der Waals surface area contributed by atoms with Gasteiger partial charge in [-0.15, -0.1) is 0 Å². The number of hydrogen-bond donors (Lipinski definition) is 0. The van der Waals surface area contributed by atoms with Gasteiger partial charge >= 0.3 is 12.1 Å². The average molecular weight is 466 g/mol. The van der Waals surface area contributed by atoms with Gasteiger partial charge in [0.2, 0.25) is 0 Å². The number of rotatable bonds is 7. The largest absolute Gasteiger partial charge is 0.455 e. The smallest absolute Gasteiger partial charge is 0.416 e. The van der Waals surface area contributed by atoms with Crippen molar-refractivity contribution in [3.63, 3.8) is 0 Å². The van der Waals surface area contributed by atoms with Gasteiger partial charge in [0, 0.05) is 0 Å². The zero-order valence-electron chi connectivity index (χ0n) is 18.0. The molecule has 0 radical (unpaired) electrons. The minimum absolute atomic E-state index is 0.0905. The van der Waals surface area contributed by atoms with Crippen LogP contribution in [0.4, 0.5) is 18.9 Å². The molecule has 3 aromatic carbocycles. The third-order valence-corrected chi connectivity index (χ3v) is 5.57. The Hall–Kier alpha value is -3.94. The first-order valence-electron chi connectivity index (χ1n) is 10.6. The molecule has 174 valence electrons. The second kappa shape index (κ2) is 9.51. The van der Waals surface area contributed by atoms with Crippen LogP contribution in [0.1, 0.15) is 29.5 Å². The number of carbonyl (C=O) groups is 2. The number of anilines is 1. The Morgan fingerprint density at radius 3 is 2.21 bits per heavy atom. The van der Waals surface area contributed by atoms with E-state index in [1.807, 2.05) is 30.3 Å². The average Bonchev–Trinajstić information content (AvgIpc) is 3.66. The van der Waals surface area contributed by atoms with E-state index in [2.05, 4.69) is 5.10 Å². The van der Waals surface area contributed by atoms with Gasteiger partial charge in [0.1, 0.15) is 0 Å². The molecule has 3 aromatic rings. The standard InChI is InChI=1S/C26H21F3N2O3/c27-26(28,29)21-12-7-13-22(16-21)31(30-17-19-8-3-1-4-9-19)23(32)18-34-24(33)25(14-15-25)20-10-5-2-6-11-20/h1-13,16-17H,14-15,18H2. The molecule has 0 N–H and O–H groups in total. The van der Waals surface area contributed by atoms with Gasteiger partial charge in [-0.25, -0.2) is 0 Å². The maximum Gasteiger partial charge on any atom is 0.416 e. The number of halogens is 3. The molecule has 34 heavy (non-hydrogen) atoms. The summed E-state index contributed by atoms with van der Waals surface area (Å²) in [7, 11) is 0. The van der Waals surface area contributed by atoms with E-state index in [4.69, 9.17) is 4.74 Å². The van der Waals surface area contributed by atoms with E-state index >= 15 is 0 Å². The molecule has 5 nitrogen and oxygen atoms in total. The summed E-state index contributed by atoms with van der Waals surface area (Å²) in [6.45, 7) is -0.657. The Kier molecular flexibility index (Phi) is 6.49. The van der Waals surface area contributed by atoms with Gasteiger partial charge in [-0.3, -0.25) is 9.59 Å². The molecule has 1 saturated carbocycles. The molecule has 8 heteroatoms. The molecule has 4 rings (SSSR count). The highest BCUT2D eigenvalue weighted by Crippen LogP contribution is 2.49. The van der Waals surface area contributed by atoms with Crippen molar-refractivity contribution in [3.8, 4) is 0 Å². The predicted octanol–water partition coefficient (Wildman–Crippen LogP) is 5.35. The highest BCUT2D eigenvalue weighted by atomic mass is 19.4. The monoisotopic (exact) mass is 466 g/mol. The highest BCUT2D eigenvalue weighted by Gasteiger charge is 2.52. The molecule has 0 spiro atoms. The lowest BCUT2D eigenvalue weighted by Crippen LogP contribution is -2.33. The van der Waals surface area contributed by atoms with Crippen molar-refractivity contribution in [2.75, 3.05) is 11.6 Å². The van der Waals surface area contributed by atoms with Crippen LogP contribution in [0.25, 0.3) is 0 Å². The van der Waals surface area contributed by atoms with E-state index in [9.17, 15) is 22.8 Å². The molecule has 0 atom stereocenters. The third-order valence-electron chi connectivity index (χ3n) is 5.57. The van der Waals surface area contributed by atoms with Crippen molar-refractivity contribution in [1.82, 2.24) is 0 Å². The summed E-state index contributed by atoms with van der Waals surface area (Å²) < 4.78 is 45.0. The van der Waals surface area contributed by atoms with E-state index in [1.54, 1.807) is 30.3 Å². The van der Waals surface area contributed by atoms with Crippen LogP contribution >= 0.6 is 0 Å². The van der Waals surface area contributed by atoms with Crippen LogP contribution in [-0.2, 0) is 25.9 Å². The number of nitrogens with zero attached hydrogens (tertiary/aromatic N) is 2. The number of ether oxygens (including phenoxy) is 1. The second-order valence-corrected chi connectivity index (χ2v) is 7.93. The van der Waals surface area contributed by atoms with Crippen molar-refractivity contribution in [2.45, 2.75) is 24.4 Å². The van der Waals surface area contributed by atoms with E-state index in [0.717, 1.165) is 22.7 Å². The van der Waals surface area contributed by atoms with Gasteiger partial charge in [-0.1, -0.05) is 66.7 Å². The lowest BCUT2D eigenvalue weighted by Gasteiger charge is -2.20. The molecule has 0 heterocycles. The molecule has 1 aliphatic rings. The molecule has 1 aliphatic carbocycles. The van der Waals surface area contributed by atoms with Gasteiger partial charge < -0.3 is 4.74 Å². The van der Waals surface area contributed by atoms with Gasteiger partial charge in [-0.2, -0.15) is 23.3 Å². The lowest BCUT2D eigenvalue weighted by atomic mass is 9.96. The molecule has 0 aliphatic heterocycles. The summed E-state index contributed by atoms with van der Waals surface area (Å²) in [5.41, 5.74) is -0.340. The van der Waals surface area contributed by atoms with E-state index in [-0.39, 0.29) is 5.69 Å². The fraction of sp³-hybridized carbons (Fsp3) is 0.192. The zero-order chi connectivity index (χ0) is 24.2. The Morgan fingerprint density at radius 2 is 1.59 bits per heavy atom. The minimum atomic E-state index is -4.59. The molecule has 1 fully saturated rings. The molecule has 0 unspecified atom stereocenters. The van der Waals surface area contributed by atoms with Crippen LogP contribution in [0, 0.1) is 0 Å². The van der Waals surface area contributed by atoms with Crippen LogP contribution < -0.4 is 5.01 Å². The van der Waals surface area contributed by atoms with E-state index in [0.29, 0.717) is 18.4 Å². The molecule has 0 aromatic heterocycles. The van der Waals surface area contributed by atoms with E-state index in [1.165, 1.54) is 18.3 Å². The molecule has 1 amide bonds. The van der Waals surface area contributed by atoms with Crippen molar-refractivity contribution >= 4 is 23.8 Å². The van der Waals surface area contributed by atoms with Crippen LogP contribution in [0.3, 0.4) is 0 Å². The maximum atomic E-state index is 13.2. The summed E-state index contributed by atoms with van der Waals surface area (Å²) in [6.07, 6.45) is -2.03. The van der Waals surface area contributed by atoms with Crippen molar-refractivity contribution in [3.05, 3.63) is 102 Å². The molecule has 0 saturated heterocycles. The lowest BCUT2D eigenvalue weighted by molar-refractivity contribution is -0.150. The second-order valence-electron chi connectivity index (χ2n) is 7.93. The Morgan fingerprint density at radius 1 is 0.941 bits per heavy atom. The fourth-order valence-electron chi connectivity index (χ4n) is 3.57. The number of esters is 1. The Bertz CT molecular complexity index is 1190. The van der Waals surface area contributed by atoms with Gasteiger partial charge in [-0.05, 0) is 42.2 Å². The first-order valence-corrected chi connectivity index (χ1v) is 10.6. The Balaban J connectivity index is 1.54. The Labute approximate surface area is 194 Å². The van der Waals surface area contributed by atoms with Crippen LogP contribution in [0.2, 0.25) is 0 Å². The van der Waals surface area contributed by atoms with Crippen LogP contribution in [0.15, 0.2) is 90.0 Å². The molecular formula is C26H21F3N2O3. The first-order chi connectivity index (χ1) is 16.3. The van der Waals surface area contributed by atoms with Crippen molar-refractivity contribution in [2.24, 2.45) is 5.10 Å². The summed E-state index contributed by atoms with van der Waals surface area (Å²) in [4.78, 5) is 25.7. The number of hydrogen-bond acceptors (Lipinski definition) is 4. The van der Waals surface area contributed by atoms with Gasteiger partial charge in [0.25, 0.3) is 5.91 Å². The van der Waals surface area contributed by atoms with E-state index < -0.39 is 35.6 Å². The normalized spacial score (nSPS) is 14.6. The van der Waals surface area contributed by atoms with Crippen molar-refractivity contribution < 1.29 is 27.5 Å². The van der Waals surface area contributed by atoms with Gasteiger partial charge in [0.05, 0.1) is 22.9 Å². The van der Waals surface area contributed by atoms with Gasteiger partial charge in [0.15, 0.2) is 6.61 Å². The first kappa shape index (κ1) is 23.2. The zero-order valence-corrected chi connectivity index (χ0v) is 18.0. The minimum Gasteiger partial charge on any atom is -0.455 e. The summed E-state index contributed by atoms with van der Waals surface area (Å²) >= 11 is 0. The van der Waals surface area contributed by atoms with Crippen molar-refractivity contribution in [1.29, 1.82) is 0 Å². The topological polar surface area (TPSA) is 59.0 Å². The number of alkyl halides is 3. The predicted molar refractivity (Wildman–Crippen MR) is 121 cm³/mol. The third kappa shape index (κ3) is 5.17. The van der Waals surface area contributed by atoms with Crippen LogP contribution in [-0.4, -0.2) is 24.7 Å². The molecule has 0 bridgehead atoms. The number of amides is 1. The summed E-state index contributed by atoms with van der Waals surface area (Å²) in [5.74, 6) is -1.31. The number of hydrazone groups is 1. The number of carbonyl (C=O) groups excluding carboxylic acids is 2. The number of benzene rings is 3. The SMILES string of the molecule is O=C(COC(=O)C1(c2ccccc2)CC1)N(N=Cc1ccccc1)c1cccc(C(F)(F)F)c1. The highest BCUT2D eigenvalue weighted by molar-refractivity contribution is 5.97.